The van der Waals surface area contributed by atoms with Gasteiger partial charge in [0, 0.05) is 0 Å². The maximum Gasteiger partial charge on any atom is 0.0720 e. The fourth-order valence-electron chi connectivity index (χ4n) is 1.51. The average molecular weight is 206 g/mol. The van der Waals surface area contributed by atoms with Crippen molar-refractivity contribution in [3.8, 4) is 0 Å². The molecule has 0 aliphatic rings. The fraction of sp³-hybridized carbons (Fsp3) is 0.571. The van der Waals surface area contributed by atoms with Crippen LogP contribution < -0.4 is 0 Å². The minimum absolute atomic E-state index is 0.306. The predicted octanol–water partition coefficient (Wildman–Crippen LogP) is 3.81. The van der Waals surface area contributed by atoms with E-state index in [9.17, 15) is 0 Å². The molecule has 1 rings (SSSR count). The first-order valence-corrected chi connectivity index (χ1v) is 5.77. The van der Waals surface area contributed by atoms with Gasteiger partial charge in [0.15, 0.2) is 0 Å². The molecule has 0 saturated heterocycles. The lowest BCUT2D eigenvalue weighted by Gasteiger charge is -2.09. The Kier molecular flexibility index (Phi) is 4.83. The molecule has 0 spiro atoms. The summed E-state index contributed by atoms with van der Waals surface area (Å²) in [4.78, 5) is 0. The molecular formula is C14H22O. The third-order valence-corrected chi connectivity index (χ3v) is 2.25. The molecule has 84 valence electrons. The lowest BCUT2D eigenvalue weighted by molar-refractivity contribution is 0.0657. The average Bonchev–Trinajstić information content (AvgIpc) is 2.16. The lowest BCUT2D eigenvalue weighted by atomic mass is 10.0. The summed E-state index contributed by atoms with van der Waals surface area (Å²) in [6.07, 6.45) is 1.46. The van der Waals surface area contributed by atoms with E-state index in [1.165, 1.54) is 11.1 Å². The van der Waals surface area contributed by atoms with E-state index in [4.69, 9.17) is 4.74 Å². The number of hydrogen-bond donors (Lipinski definition) is 0. The van der Waals surface area contributed by atoms with Crippen LogP contribution in [0.5, 0.6) is 0 Å². The summed E-state index contributed by atoms with van der Waals surface area (Å²) in [6, 6.07) is 8.75. The van der Waals surface area contributed by atoms with E-state index in [0.717, 1.165) is 18.9 Å². The highest BCUT2D eigenvalue weighted by atomic mass is 16.5. The van der Waals surface area contributed by atoms with Crippen LogP contribution in [0.2, 0.25) is 0 Å². The Labute approximate surface area is 93.5 Å². The maximum atomic E-state index is 5.55. The molecule has 0 N–H and O–H groups in total. The van der Waals surface area contributed by atoms with Gasteiger partial charge in [0.25, 0.3) is 0 Å². The molecule has 0 aliphatic carbocycles. The lowest BCUT2D eigenvalue weighted by Crippen LogP contribution is -2.02. The van der Waals surface area contributed by atoms with Crippen molar-refractivity contribution in [1.82, 2.24) is 0 Å². The molecule has 0 aromatic heterocycles. The first-order chi connectivity index (χ1) is 7.08. The molecule has 0 atom stereocenters. The highest BCUT2D eigenvalue weighted by Crippen LogP contribution is 2.10. The third kappa shape index (κ3) is 4.98. The molecule has 0 saturated carbocycles. The van der Waals surface area contributed by atoms with Crippen LogP contribution in [0.15, 0.2) is 24.3 Å². The van der Waals surface area contributed by atoms with Crippen LogP contribution in [0.4, 0.5) is 0 Å². The largest absolute Gasteiger partial charge is 0.374 e. The van der Waals surface area contributed by atoms with Gasteiger partial charge in [0.2, 0.25) is 0 Å². The van der Waals surface area contributed by atoms with Gasteiger partial charge >= 0.3 is 0 Å². The summed E-state index contributed by atoms with van der Waals surface area (Å²) >= 11 is 0. The van der Waals surface area contributed by atoms with Gasteiger partial charge in [0.1, 0.15) is 0 Å². The van der Waals surface area contributed by atoms with Crippen LogP contribution in [-0.2, 0) is 17.8 Å². The van der Waals surface area contributed by atoms with E-state index in [1.807, 2.05) is 0 Å². The maximum absolute atomic E-state index is 5.55. The molecular weight excluding hydrogens is 184 g/mol. The van der Waals surface area contributed by atoms with Crippen LogP contribution >= 0.6 is 0 Å². The zero-order chi connectivity index (χ0) is 11.3. The quantitative estimate of drug-likeness (QED) is 0.712. The van der Waals surface area contributed by atoms with E-state index in [2.05, 4.69) is 52.0 Å². The summed E-state index contributed by atoms with van der Waals surface area (Å²) in [5.74, 6) is 0.725. The Hall–Kier alpha value is -0.820. The van der Waals surface area contributed by atoms with Gasteiger partial charge in [-0.1, -0.05) is 38.1 Å². The molecule has 1 aromatic carbocycles. The van der Waals surface area contributed by atoms with E-state index in [1.54, 1.807) is 0 Å². The van der Waals surface area contributed by atoms with Crippen LogP contribution in [0.25, 0.3) is 0 Å². The standard InChI is InChI=1S/C14H22O/c1-11(2)9-13-5-7-14(8-6-13)10-15-12(3)4/h5-8,11-12H,9-10H2,1-4H3. The minimum atomic E-state index is 0.306. The molecule has 0 aliphatic heterocycles. The van der Waals surface area contributed by atoms with Crippen LogP contribution in [0.3, 0.4) is 0 Å². The van der Waals surface area contributed by atoms with Gasteiger partial charge in [0.05, 0.1) is 12.7 Å². The molecule has 0 bridgehead atoms. The third-order valence-electron chi connectivity index (χ3n) is 2.25. The van der Waals surface area contributed by atoms with Crippen molar-refractivity contribution in [2.75, 3.05) is 0 Å². The van der Waals surface area contributed by atoms with Crippen molar-refractivity contribution >= 4 is 0 Å². The topological polar surface area (TPSA) is 9.23 Å². The summed E-state index contributed by atoms with van der Waals surface area (Å²) < 4.78 is 5.55. The summed E-state index contributed by atoms with van der Waals surface area (Å²) in [6.45, 7) is 9.34. The highest BCUT2D eigenvalue weighted by Gasteiger charge is 1.99. The molecule has 0 amide bonds. The second kappa shape index (κ2) is 5.92. The van der Waals surface area contributed by atoms with Crippen molar-refractivity contribution < 1.29 is 4.74 Å². The van der Waals surface area contributed by atoms with Crippen molar-refractivity contribution in [2.24, 2.45) is 5.92 Å². The van der Waals surface area contributed by atoms with Gasteiger partial charge in [-0.2, -0.15) is 0 Å². The Bertz CT molecular complexity index is 272. The molecule has 0 radical (unpaired) electrons. The summed E-state index contributed by atoms with van der Waals surface area (Å²) in [5, 5.41) is 0. The Morgan fingerprint density at radius 1 is 0.933 bits per heavy atom. The molecule has 0 fully saturated rings. The number of hydrogen-bond acceptors (Lipinski definition) is 1. The van der Waals surface area contributed by atoms with Crippen LogP contribution in [0, 0.1) is 5.92 Å². The Balaban J connectivity index is 2.49. The number of ether oxygens (including phenoxy) is 1. The normalized spacial score (nSPS) is 11.3. The van der Waals surface area contributed by atoms with Gasteiger partial charge in [-0.3, -0.25) is 0 Å². The summed E-state index contributed by atoms with van der Waals surface area (Å²) in [7, 11) is 0. The van der Waals surface area contributed by atoms with E-state index in [-0.39, 0.29) is 0 Å². The second-order valence-electron chi connectivity index (χ2n) is 4.77. The van der Waals surface area contributed by atoms with Gasteiger partial charge < -0.3 is 4.74 Å². The van der Waals surface area contributed by atoms with Gasteiger partial charge in [-0.15, -0.1) is 0 Å². The minimum Gasteiger partial charge on any atom is -0.374 e. The Morgan fingerprint density at radius 3 is 1.93 bits per heavy atom. The second-order valence-corrected chi connectivity index (χ2v) is 4.77. The van der Waals surface area contributed by atoms with Crippen molar-refractivity contribution in [3.63, 3.8) is 0 Å². The highest BCUT2D eigenvalue weighted by molar-refractivity contribution is 5.22. The van der Waals surface area contributed by atoms with E-state index < -0.39 is 0 Å². The molecule has 1 aromatic rings. The van der Waals surface area contributed by atoms with E-state index >= 15 is 0 Å². The van der Waals surface area contributed by atoms with Gasteiger partial charge in [-0.05, 0) is 37.3 Å². The monoisotopic (exact) mass is 206 g/mol. The molecule has 1 heteroatoms. The van der Waals surface area contributed by atoms with E-state index in [0.29, 0.717) is 6.10 Å². The smallest absolute Gasteiger partial charge is 0.0720 e. The number of rotatable bonds is 5. The van der Waals surface area contributed by atoms with Crippen molar-refractivity contribution in [3.05, 3.63) is 35.4 Å². The molecule has 1 nitrogen and oxygen atoms in total. The first-order valence-electron chi connectivity index (χ1n) is 5.77. The molecule has 15 heavy (non-hydrogen) atoms. The first kappa shape index (κ1) is 12.3. The predicted molar refractivity (Wildman–Crippen MR) is 64.9 cm³/mol. The summed E-state index contributed by atoms with van der Waals surface area (Å²) in [5.41, 5.74) is 2.68. The Morgan fingerprint density at radius 2 is 1.47 bits per heavy atom. The molecule has 0 unspecified atom stereocenters. The van der Waals surface area contributed by atoms with Crippen LogP contribution in [-0.4, -0.2) is 6.10 Å². The number of benzene rings is 1. The molecule has 0 heterocycles. The zero-order valence-corrected chi connectivity index (χ0v) is 10.3. The van der Waals surface area contributed by atoms with Crippen molar-refractivity contribution in [1.29, 1.82) is 0 Å². The SMILES string of the molecule is CC(C)Cc1ccc(COC(C)C)cc1. The van der Waals surface area contributed by atoms with Gasteiger partial charge in [-0.25, -0.2) is 0 Å². The fourth-order valence-corrected chi connectivity index (χ4v) is 1.51. The zero-order valence-electron chi connectivity index (χ0n) is 10.3. The van der Waals surface area contributed by atoms with Crippen LogP contribution in [0.1, 0.15) is 38.8 Å². The van der Waals surface area contributed by atoms with Crippen molar-refractivity contribution in [2.45, 2.75) is 46.8 Å².